The van der Waals surface area contributed by atoms with Crippen molar-refractivity contribution in [2.75, 3.05) is 0 Å². The first-order valence-corrected chi connectivity index (χ1v) is 5.40. The lowest BCUT2D eigenvalue weighted by Gasteiger charge is -2.04. The van der Waals surface area contributed by atoms with Crippen molar-refractivity contribution in [1.29, 1.82) is 0 Å². The number of aliphatic hydroxyl groups excluding tert-OH is 1. The Hall–Kier alpha value is -1.26. The van der Waals surface area contributed by atoms with E-state index >= 15 is 0 Å². The van der Waals surface area contributed by atoms with Crippen LogP contribution in [0.25, 0.3) is 10.4 Å². The number of aromatic nitrogens is 1. The van der Waals surface area contributed by atoms with Crippen LogP contribution in [0, 0.1) is 12.7 Å². The predicted molar refractivity (Wildman–Crippen MR) is 58.2 cm³/mol. The van der Waals surface area contributed by atoms with Gasteiger partial charge in [-0.05, 0) is 12.5 Å². The van der Waals surface area contributed by atoms with E-state index in [1.807, 2.05) is 0 Å². The summed E-state index contributed by atoms with van der Waals surface area (Å²) in [7, 11) is 0. The number of aryl methyl sites for hydroxylation is 1. The molecule has 0 aliphatic carbocycles. The summed E-state index contributed by atoms with van der Waals surface area (Å²) in [6, 6.07) is 5.22. The van der Waals surface area contributed by atoms with Crippen molar-refractivity contribution < 1.29 is 9.50 Å². The molecule has 0 bridgehead atoms. The molecule has 0 atom stereocenters. The van der Waals surface area contributed by atoms with Crippen LogP contribution in [0.1, 0.15) is 11.3 Å². The fourth-order valence-electron chi connectivity index (χ4n) is 1.42. The van der Waals surface area contributed by atoms with Gasteiger partial charge in [0, 0.05) is 5.56 Å². The number of aliphatic hydroxyl groups is 1. The number of halogens is 1. The van der Waals surface area contributed by atoms with Crippen LogP contribution in [0.2, 0.25) is 0 Å². The average Bonchev–Trinajstić information content (AvgIpc) is 2.70. The van der Waals surface area contributed by atoms with Gasteiger partial charge >= 0.3 is 0 Å². The molecule has 2 nitrogen and oxygen atoms in total. The molecule has 0 amide bonds. The molecule has 0 saturated heterocycles. The van der Waals surface area contributed by atoms with E-state index in [4.69, 9.17) is 5.11 Å². The summed E-state index contributed by atoms with van der Waals surface area (Å²) < 4.78 is 13.8. The second kappa shape index (κ2) is 4.08. The zero-order valence-corrected chi connectivity index (χ0v) is 9.01. The van der Waals surface area contributed by atoms with E-state index < -0.39 is 0 Å². The molecular formula is C11H10FNOS. The molecule has 4 heteroatoms. The molecule has 78 valence electrons. The third-order valence-corrected chi connectivity index (χ3v) is 3.13. The van der Waals surface area contributed by atoms with Gasteiger partial charge in [-0.1, -0.05) is 18.2 Å². The average molecular weight is 223 g/mol. The summed E-state index contributed by atoms with van der Waals surface area (Å²) in [6.45, 7) is 1.56. The van der Waals surface area contributed by atoms with E-state index in [0.29, 0.717) is 21.7 Å². The SMILES string of the molecule is Cc1cccc(-c2scnc2CO)c1F. The van der Waals surface area contributed by atoms with Crippen molar-refractivity contribution in [3.05, 3.63) is 40.8 Å². The minimum atomic E-state index is -0.239. The minimum Gasteiger partial charge on any atom is -0.390 e. The Bertz CT molecular complexity index is 481. The lowest BCUT2D eigenvalue weighted by Crippen LogP contribution is -1.91. The zero-order chi connectivity index (χ0) is 10.8. The maximum Gasteiger partial charge on any atom is 0.134 e. The van der Waals surface area contributed by atoms with Crippen LogP contribution in [0.5, 0.6) is 0 Å². The summed E-state index contributed by atoms with van der Waals surface area (Å²) in [4.78, 5) is 4.69. The lowest BCUT2D eigenvalue weighted by atomic mass is 10.1. The predicted octanol–water partition coefficient (Wildman–Crippen LogP) is 2.75. The standard InChI is InChI=1S/C11H10FNOS/c1-7-3-2-4-8(10(7)12)11-9(5-14)13-6-15-11/h2-4,6,14H,5H2,1H3. The number of thiazole rings is 1. The summed E-state index contributed by atoms with van der Waals surface area (Å²) in [6.07, 6.45) is 0. The van der Waals surface area contributed by atoms with E-state index in [2.05, 4.69) is 4.98 Å². The highest BCUT2D eigenvalue weighted by atomic mass is 32.1. The first-order valence-electron chi connectivity index (χ1n) is 4.52. The highest BCUT2D eigenvalue weighted by Crippen LogP contribution is 2.30. The summed E-state index contributed by atoms with van der Waals surface area (Å²) in [5.74, 6) is -0.239. The van der Waals surface area contributed by atoms with Gasteiger partial charge in [-0.2, -0.15) is 0 Å². The number of nitrogens with zero attached hydrogens (tertiary/aromatic N) is 1. The number of hydrogen-bond donors (Lipinski definition) is 1. The Labute approximate surface area is 91.0 Å². The third kappa shape index (κ3) is 1.78. The van der Waals surface area contributed by atoms with Gasteiger partial charge in [0.25, 0.3) is 0 Å². The fourth-order valence-corrected chi connectivity index (χ4v) is 2.25. The summed E-state index contributed by atoms with van der Waals surface area (Å²) >= 11 is 1.34. The van der Waals surface area contributed by atoms with Crippen LogP contribution in [0.15, 0.2) is 23.7 Å². The highest BCUT2D eigenvalue weighted by molar-refractivity contribution is 7.13. The second-order valence-corrected chi connectivity index (χ2v) is 4.08. The van der Waals surface area contributed by atoms with Gasteiger partial charge in [0.15, 0.2) is 0 Å². The van der Waals surface area contributed by atoms with E-state index in [9.17, 15) is 4.39 Å². The molecule has 0 spiro atoms. The largest absolute Gasteiger partial charge is 0.390 e. The Kier molecular flexibility index (Phi) is 2.79. The van der Waals surface area contributed by atoms with Crippen LogP contribution in [-0.2, 0) is 6.61 Å². The molecule has 0 aliphatic rings. The molecular weight excluding hydrogens is 213 g/mol. The van der Waals surface area contributed by atoms with Crippen LogP contribution in [-0.4, -0.2) is 10.1 Å². The van der Waals surface area contributed by atoms with Crippen LogP contribution in [0.3, 0.4) is 0 Å². The van der Waals surface area contributed by atoms with Gasteiger partial charge in [-0.25, -0.2) is 9.37 Å². The van der Waals surface area contributed by atoms with Gasteiger partial charge in [-0.15, -0.1) is 11.3 Å². The monoisotopic (exact) mass is 223 g/mol. The van der Waals surface area contributed by atoms with Crippen LogP contribution >= 0.6 is 11.3 Å². The van der Waals surface area contributed by atoms with E-state index in [1.165, 1.54) is 11.3 Å². The maximum absolute atomic E-state index is 13.8. The molecule has 2 rings (SSSR count). The van der Waals surface area contributed by atoms with Crippen molar-refractivity contribution in [1.82, 2.24) is 4.98 Å². The van der Waals surface area contributed by atoms with Crippen molar-refractivity contribution in [3.63, 3.8) is 0 Å². The second-order valence-electron chi connectivity index (χ2n) is 3.22. The quantitative estimate of drug-likeness (QED) is 0.849. The Morgan fingerprint density at radius 3 is 3.00 bits per heavy atom. The summed E-state index contributed by atoms with van der Waals surface area (Å²) in [5, 5.41) is 9.05. The molecule has 1 heterocycles. The molecule has 0 aliphatic heterocycles. The smallest absolute Gasteiger partial charge is 0.134 e. The van der Waals surface area contributed by atoms with Gasteiger partial charge in [0.2, 0.25) is 0 Å². The van der Waals surface area contributed by atoms with Gasteiger partial charge in [-0.3, -0.25) is 0 Å². The summed E-state index contributed by atoms with van der Waals surface area (Å²) in [5.41, 5.74) is 3.26. The third-order valence-electron chi connectivity index (χ3n) is 2.23. The lowest BCUT2D eigenvalue weighted by molar-refractivity contribution is 0.278. The van der Waals surface area contributed by atoms with E-state index in [0.717, 1.165) is 0 Å². The Morgan fingerprint density at radius 2 is 2.27 bits per heavy atom. The topological polar surface area (TPSA) is 33.1 Å². The highest BCUT2D eigenvalue weighted by Gasteiger charge is 2.13. The van der Waals surface area contributed by atoms with Gasteiger partial charge in [0.1, 0.15) is 5.82 Å². The molecule has 0 radical (unpaired) electrons. The Morgan fingerprint density at radius 1 is 1.47 bits per heavy atom. The first kappa shape index (κ1) is 10.3. The molecule has 15 heavy (non-hydrogen) atoms. The zero-order valence-electron chi connectivity index (χ0n) is 8.20. The minimum absolute atomic E-state index is 0.161. The van der Waals surface area contributed by atoms with E-state index in [-0.39, 0.29) is 12.4 Å². The van der Waals surface area contributed by atoms with Crippen LogP contribution < -0.4 is 0 Å². The van der Waals surface area contributed by atoms with Crippen molar-refractivity contribution in [2.45, 2.75) is 13.5 Å². The molecule has 0 unspecified atom stereocenters. The number of hydrogen-bond acceptors (Lipinski definition) is 3. The molecule has 0 fully saturated rings. The van der Waals surface area contributed by atoms with E-state index in [1.54, 1.807) is 30.6 Å². The first-order chi connectivity index (χ1) is 7.24. The van der Waals surface area contributed by atoms with Gasteiger partial charge in [0.05, 0.1) is 22.7 Å². The van der Waals surface area contributed by atoms with Crippen LogP contribution in [0.4, 0.5) is 4.39 Å². The fraction of sp³-hybridized carbons (Fsp3) is 0.182. The van der Waals surface area contributed by atoms with Gasteiger partial charge < -0.3 is 5.11 Å². The normalized spacial score (nSPS) is 10.6. The molecule has 1 aromatic carbocycles. The van der Waals surface area contributed by atoms with Crippen molar-refractivity contribution >= 4 is 11.3 Å². The number of rotatable bonds is 2. The Balaban J connectivity index is 2.59. The maximum atomic E-state index is 13.8. The molecule has 2 aromatic rings. The molecule has 1 N–H and O–H groups in total. The molecule has 0 saturated carbocycles. The van der Waals surface area contributed by atoms with Crippen molar-refractivity contribution in [3.8, 4) is 10.4 Å². The van der Waals surface area contributed by atoms with Crippen molar-refractivity contribution in [2.24, 2.45) is 0 Å². The molecule has 1 aromatic heterocycles. The number of benzene rings is 1.